The van der Waals surface area contributed by atoms with Crippen LogP contribution < -0.4 is 10.5 Å². The fourth-order valence-corrected chi connectivity index (χ4v) is 2.07. The molecule has 0 aliphatic heterocycles. The molecule has 5 nitrogen and oxygen atoms in total. The molecule has 17 heavy (non-hydrogen) atoms. The molecule has 0 radical (unpaired) electrons. The van der Waals surface area contributed by atoms with Gasteiger partial charge < -0.3 is 20.1 Å². The zero-order valence-corrected chi connectivity index (χ0v) is 10.3. The number of methoxy groups -OCH3 is 1. The molecule has 0 amide bonds. The summed E-state index contributed by atoms with van der Waals surface area (Å²) in [5.74, 6) is -1.33. The number of phenols is 1. The van der Waals surface area contributed by atoms with Gasteiger partial charge in [-0.15, -0.1) is 0 Å². The van der Waals surface area contributed by atoms with Crippen LogP contribution in [0.1, 0.15) is 0 Å². The number of rotatable bonds is 2. The van der Waals surface area contributed by atoms with Gasteiger partial charge in [0.2, 0.25) is 5.88 Å². The lowest BCUT2D eigenvalue weighted by Crippen LogP contribution is -1.95. The Kier molecular flexibility index (Phi) is 2.93. The highest BCUT2D eigenvalue weighted by Gasteiger charge is 2.22. The summed E-state index contributed by atoms with van der Waals surface area (Å²) in [7, 11) is 1.26. The molecule has 0 spiro atoms. The molecule has 1 aromatic heterocycles. The Morgan fingerprint density at radius 2 is 2.29 bits per heavy atom. The van der Waals surface area contributed by atoms with E-state index in [4.69, 9.17) is 10.5 Å². The third-order valence-corrected chi connectivity index (χ3v) is 2.85. The predicted octanol–water partition coefficient (Wildman–Crippen LogP) is 2.54. The van der Waals surface area contributed by atoms with Crippen molar-refractivity contribution in [2.24, 2.45) is 0 Å². The number of aromatic hydroxyl groups is 1. The number of hydrogen-bond acceptors (Lipinski definition) is 5. The van der Waals surface area contributed by atoms with Gasteiger partial charge in [0.25, 0.3) is 0 Å². The number of nitrogens with zero attached hydrogens (tertiary/aromatic N) is 1. The Hall–Kier alpha value is -1.76. The fraction of sp³-hybridized carbons (Fsp3) is 0.100. The molecule has 1 aromatic carbocycles. The van der Waals surface area contributed by atoms with Crippen molar-refractivity contribution in [3.05, 3.63) is 22.6 Å². The molecule has 0 unspecified atom stereocenters. The van der Waals surface area contributed by atoms with Crippen molar-refractivity contribution >= 4 is 21.8 Å². The molecule has 0 saturated heterocycles. The largest absolute Gasteiger partial charge is 0.504 e. The molecule has 3 N–H and O–H groups in total. The second kappa shape index (κ2) is 4.25. The first kappa shape index (κ1) is 11.7. The summed E-state index contributed by atoms with van der Waals surface area (Å²) in [4.78, 5) is 0. The standard InChI is InChI=1S/C10H8BrFN2O3/c1-16-9-6(15)2-5(11)7(8(9)12)4-3-14-17-10(4)13/h2-3,15H,13H2,1H3. The van der Waals surface area contributed by atoms with Gasteiger partial charge in [0.15, 0.2) is 17.3 Å². The molecule has 7 heteroatoms. The average Bonchev–Trinajstić information content (AvgIpc) is 2.65. The molecule has 0 fully saturated rings. The van der Waals surface area contributed by atoms with E-state index in [9.17, 15) is 9.50 Å². The van der Waals surface area contributed by atoms with E-state index in [0.29, 0.717) is 4.47 Å². The van der Waals surface area contributed by atoms with Crippen molar-refractivity contribution in [3.8, 4) is 22.6 Å². The number of hydrogen-bond donors (Lipinski definition) is 2. The number of ether oxygens (including phenoxy) is 1. The maximum absolute atomic E-state index is 14.1. The normalized spacial score (nSPS) is 10.5. The summed E-state index contributed by atoms with van der Waals surface area (Å²) >= 11 is 3.14. The molecule has 0 saturated carbocycles. The van der Waals surface area contributed by atoms with Crippen molar-refractivity contribution < 1.29 is 18.8 Å². The van der Waals surface area contributed by atoms with Gasteiger partial charge in [0.05, 0.1) is 18.9 Å². The minimum absolute atomic E-state index is 0.0163. The quantitative estimate of drug-likeness (QED) is 0.891. The molecule has 0 bridgehead atoms. The summed E-state index contributed by atoms with van der Waals surface area (Å²) < 4.78 is 23.9. The molecule has 0 aliphatic rings. The van der Waals surface area contributed by atoms with Crippen LogP contribution in [0.3, 0.4) is 0 Å². The highest BCUT2D eigenvalue weighted by Crippen LogP contribution is 2.42. The van der Waals surface area contributed by atoms with Gasteiger partial charge in [0.1, 0.15) is 0 Å². The van der Waals surface area contributed by atoms with Crippen LogP contribution in [0.2, 0.25) is 0 Å². The van der Waals surface area contributed by atoms with Crippen LogP contribution in [0.4, 0.5) is 10.3 Å². The average molecular weight is 303 g/mol. The van der Waals surface area contributed by atoms with E-state index >= 15 is 0 Å². The lowest BCUT2D eigenvalue weighted by molar-refractivity contribution is 0.351. The number of phenolic OH excluding ortho intramolecular Hbond substituents is 1. The number of anilines is 1. The Bertz CT molecular complexity index is 571. The summed E-state index contributed by atoms with van der Waals surface area (Å²) in [6.07, 6.45) is 1.29. The Labute approximate surface area is 104 Å². The van der Waals surface area contributed by atoms with Crippen LogP contribution in [0, 0.1) is 5.82 Å². The van der Waals surface area contributed by atoms with Crippen molar-refractivity contribution in [1.82, 2.24) is 5.16 Å². The van der Waals surface area contributed by atoms with Crippen LogP contribution in [0.25, 0.3) is 11.1 Å². The lowest BCUT2D eigenvalue weighted by Gasteiger charge is -2.10. The van der Waals surface area contributed by atoms with Crippen LogP contribution in [0.15, 0.2) is 21.3 Å². The van der Waals surface area contributed by atoms with Crippen LogP contribution in [-0.2, 0) is 0 Å². The van der Waals surface area contributed by atoms with Gasteiger partial charge in [-0.3, -0.25) is 0 Å². The van der Waals surface area contributed by atoms with E-state index in [0.717, 1.165) is 0 Å². The third kappa shape index (κ3) is 1.82. The number of halogens is 2. The number of aromatic nitrogens is 1. The maximum Gasteiger partial charge on any atom is 0.230 e. The molecule has 2 rings (SSSR count). The molecular formula is C10H8BrFN2O3. The van der Waals surface area contributed by atoms with Gasteiger partial charge >= 0.3 is 0 Å². The summed E-state index contributed by atoms with van der Waals surface area (Å²) in [5, 5.41) is 13.0. The Balaban J connectivity index is 2.74. The molecule has 90 valence electrons. The predicted molar refractivity (Wildman–Crippen MR) is 62.2 cm³/mol. The van der Waals surface area contributed by atoms with Crippen LogP contribution >= 0.6 is 15.9 Å². The van der Waals surface area contributed by atoms with E-state index in [2.05, 4.69) is 25.6 Å². The fourth-order valence-electron chi connectivity index (χ4n) is 1.47. The molecule has 2 aromatic rings. The van der Waals surface area contributed by atoms with Gasteiger partial charge in [-0.05, 0) is 22.0 Å². The van der Waals surface area contributed by atoms with Crippen molar-refractivity contribution in [3.63, 3.8) is 0 Å². The monoisotopic (exact) mass is 302 g/mol. The second-order valence-corrected chi connectivity index (χ2v) is 4.06. The third-order valence-electron chi connectivity index (χ3n) is 2.23. The van der Waals surface area contributed by atoms with Crippen LogP contribution in [-0.4, -0.2) is 17.4 Å². The molecule has 1 heterocycles. The van der Waals surface area contributed by atoms with Crippen molar-refractivity contribution in [2.45, 2.75) is 0 Å². The molecular weight excluding hydrogens is 295 g/mol. The highest BCUT2D eigenvalue weighted by molar-refractivity contribution is 9.10. The number of nitrogen functional groups attached to an aromatic ring is 1. The lowest BCUT2D eigenvalue weighted by atomic mass is 10.1. The zero-order valence-electron chi connectivity index (χ0n) is 8.70. The number of benzene rings is 1. The second-order valence-electron chi connectivity index (χ2n) is 3.20. The zero-order chi connectivity index (χ0) is 12.6. The van der Waals surface area contributed by atoms with E-state index in [1.54, 1.807) is 0 Å². The van der Waals surface area contributed by atoms with E-state index in [1.807, 2.05) is 0 Å². The van der Waals surface area contributed by atoms with E-state index < -0.39 is 5.82 Å². The topological polar surface area (TPSA) is 81.5 Å². The van der Waals surface area contributed by atoms with Gasteiger partial charge in [-0.2, -0.15) is 0 Å². The smallest absolute Gasteiger partial charge is 0.230 e. The first-order valence-electron chi connectivity index (χ1n) is 4.51. The maximum atomic E-state index is 14.1. The van der Waals surface area contributed by atoms with Gasteiger partial charge in [-0.25, -0.2) is 4.39 Å². The van der Waals surface area contributed by atoms with Gasteiger partial charge in [-0.1, -0.05) is 5.16 Å². The van der Waals surface area contributed by atoms with Gasteiger partial charge in [0, 0.05) is 10.0 Å². The summed E-state index contributed by atoms with van der Waals surface area (Å²) in [6.45, 7) is 0. The van der Waals surface area contributed by atoms with Crippen molar-refractivity contribution in [1.29, 1.82) is 0 Å². The molecule has 0 atom stereocenters. The first-order chi connectivity index (χ1) is 8.06. The SMILES string of the molecule is COc1c(O)cc(Br)c(-c2cnoc2N)c1F. The Morgan fingerprint density at radius 1 is 1.59 bits per heavy atom. The number of nitrogens with two attached hydrogens (primary N) is 1. The minimum atomic E-state index is -0.741. The van der Waals surface area contributed by atoms with Crippen LogP contribution in [0.5, 0.6) is 11.5 Å². The van der Waals surface area contributed by atoms with Crippen molar-refractivity contribution in [2.75, 3.05) is 12.8 Å². The summed E-state index contributed by atoms with van der Waals surface area (Å²) in [5.41, 5.74) is 5.93. The highest BCUT2D eigenvalue weighted by atomic mass is 79.9. The minimum Gasteiger partial charge on any atom is -0.504 e. The Morgan fingerprint density at radius 3 is 2.82 bits per heavy atom. The molecule has 0 aliphatic carbocycles. The first-order valence-corrected chi connectivity index (χ1v) is 5.31. The van der Waals surface area contributed by atoms with E-state index in [1.165, 1.54) is 19.4 Å². The summed E-state index contributed by atoms with van der Waals surface area (Å²) in [6, 6.07) is 1.31. The van der Waals surface area contributed by atoms with E-state index in [-0.39, 0.29) is 28.5 Å².